The van der Waals surface area contributed by atoms with E-state index in [2.05, 4.69) is 158 Å². The van der Waals surface area contributed by atoms with Crippen LogP contribution in [-0.4, -0.2) is 0 Å². The maximum atomic E-state index is 6.43. The van der Waals surface area contributed by atoms with E-state index in [1.807, 2.05) is 12.3 Å². The largest absolute Gasteiger partial charge is 0.463 e. The van der Waals surface area contributed by atoms with Crippen molar-refractivity contribution in [3.63, 3.8) is 0 Å². The zero-order valence-corrected chi connectivity index (χ0v) is 27.0. The highest BCUT2D eigenvalue weighted by atomic mass is 16.3. The van der Waals surface area contributed by atoms with Crippen molar-refractivity contribution in [3.8, 4) is 33.4 Å². The number of rotatable bonds is 3. The van der Waals surface area contributed by atoms with Crippen LogP contribution in [0, 0.1) is 0 Å². The van der Waals surface area contributed by atoms with Crippen LogP contribution in [-0.2, 0) is 0 Å². The lowest BCUT2D eigenvalue weighted by atomic mass is 9.83. The quantitative estimate of drug-likeness (QED) is 0.142. The van der Waals surface area contributed by atoms with E-state index in [0.29, 0.717) is 0 Å². The van der Waals surface area contributed by atoms with Crippen LogP contribution < -0.4 is 0 Å². The van der Waals surface area contributed by atoms with Gasteiger partial charge in [-0.3, -0.25) is 0 Å². The third kappa shape index (κ3) is 3.85. The minimum Gasteiger partial charge on any atom is -0.463 e. The Kier molecular flexibility index (Phi) is 5.70. The number of hydrogen-bond acceptors (Lipinski definition) is 2. The summed E-state index contributed by atoms with van der Waals surface area (Å²) in [6.07, 6.45) is 1.87. The number of benzene rings is 9. The smallest absolute Gasteiger partial charge is 0.146 e. The van der Waals surface area contributed by atoms with Gasteiger partial charge in [-0.1, -0.05) is 133 Å². The minimum absolute atomic E-state index is 0.826. The molecule has 11 rings (SSSR count). The fourth-order valence-electron chi connectivity index (χ4n) is 8.34. The first-order valence-corrected chi connectivity index (χ1v) is 17.1. The second-order valence-electron chi connectivity index (χ2n) is 13.2. The standard InChI is InChI=1S/C48H28O2/c1-2-12-29(13-3-1)42-28-49-48-39(42)23-25-44-47(48)41-27-31(22-24-43(41)50-44)45-35-18-8-10-20-37(35)46(38-21-11-9-19-36(38)45)40-26-30-14-4-5-15-32(30)33-16-6-7-17-34(33)40/h1-28H. The zero-order chi connectivity index (χ0) is 32.8. The molecule has 0 amide bonds. The molecule has 0 fully saturated rings. The van der Waals surface area contributed by atoms with E-state index < -0.39 is 0 Å². The molecule has 50 heavy (non-hydrogen) atoms. The molecule has 0 atom stereocenters. The molecule has 9 aromatic carbocycles. The van der Waals surface area contributed by atoms with Crippen LogP contribution in [0.1, 0.15) is 0 Å². The lowest BCUT2D eigenvalue weighted by Gasteiger charge is -2.19. The Morgan fingerprint density at radius 3 is 1.68 bits per heavy atom. The normalized spacial score (nSPS) is 12.0. The van der Waals surface area contributed by atoms with Gasteiger partial charge in [-0.2, -0.15) is 0 Å². The van der Waals surface area contributed by atoms with Crippen LogP contribution in [0.2, 0.25) is 0 Å². The minimum atomic E-state index is 0.826. The molecule has 0 unspecified atom stereocenters. The summed E-state index contributed by atoms with van der Waals surface area (Å²) in [6.45, 7) is 0. The molecule has 2 heterocycles. The molecule has 2 nitrogen and oxygen atoms in total. The van der Waals surface area contributed by atoms with E-state index in [0.717, 1.165) is 49.6 Å². The molecule has 2 aromatic heterocycles. The average Bonchev–Trinajstić information content (AvgIpc) is 3.78. The molecule has 0 saturated heterocycles. The molecule has 0 radical (unpaired) electrons. The van der Waals surface area contributed by atoms with Gasteiger partial charge in [0.2, 0.25) is 0 Å². The van der Waals surface area contributed by atoms with Crippen molar-refractivity contribution in [2.24, 2.45) is 0 Å². The number of furan rings is 2. The molecule has 0 spiro atoms. The third-order valence-electron chi connectivity index (χ3n) is 10.5. The van der Waals surface area contributed by atoms with Gasteiger partial charge >= 0.3 is 0 Å². The highest BCUT2D eigenvalue weighted by molar-refractivity contribution is 6.26. The van der Waals surface area contributed by atoms with Crippen LogP contribution in [0.25, 0.3) is 109 Å². The summed E-state index contributed by atoms with van der Waals surface area (Å²) in [5.41, 5.74) is 9.64. The third-order valence-corrected chi connectivity index (χ3v) is 10.5. The molecule has 0 saturated carbocycles. The van der Waals surface area contributed by atoms with Gasteiger partial charge in [0.25, 0.3) is 0 Å². The first-order chi connectivity index (χ1) is 24.8. The first kappa shape index (κ1) is 27.3. The summed E-state index contributed by atoms with van der Waals surface area (Å²) >= 11 is 0. The fourth-order valence-corrected chi connectivity index (χ4v) is 8.34. The highest BCUT2D eigenvalue weighted by Gasteiger charge is 2.21. The zero-order valence-electron chi connectivity index (χ0n) is 27.0. The van der Waals surface area contributed by atoms with Gasteiger partial charge in [0.05, 0.1) is 11.6 Å². The van der Waals surface area contributed by atoms with Crippen molar-refractivity contribution < 1.29 is 8.83 Å². The number of fused-ring (bicyclic) bond motifs is 10. The molecule has 0 aliphatic heterocycles. The Morgan fingerprint density at radius 2 is 0.940 bits per heavy atom. The van der Waals surface area contributed by atoms with E-state index in [1.54, 1.807) is 0 Å². The summed E-state index contributed by atoms with van der Waals surface area (Å²) < 4.78 is 12.8. The van der Waals surface area contributed by atoms with Crippen LogP contribution in [0.15, 0.2) is 179 Å². The van der Waals surface area contributed by atoms with Crippen LogP contribution in [0.5, 0.6) is 0 Å². The lowest BCUT2D eigenvalue weighted by Crippen LogP contribution is -1.92. The summed E-state index contributed by atoms with van der Waals surface area (Å²) in [5, 5.41) is 13.1. The topological polar surface area (TPSA) is 26.3 Å². The van der Waals surface area contributed by atoms with Crippen LogP contribution >= 0.6 is 0 Å². The Bertz CT molecular complexity index is 3080. The average molecular weight is 637 g/mol. The maximum absolute atomic E-state index is 6.43. The molecule has 2 heteroatoms. The van der Waals surface area contributed by atoms with Gasteiger partial charge in [0, 0.05) is 16.3 Å². The molecule has 0 N–H and O–H groups in total. The summed E-state index contributed by atoms with van der Waals surface area (Å²) in [4.78, 5) is 0. The maximum Gasteiger partial charge on any atom is 0.146 e. The summed E-state index contributed by atoms with van der Waals surface area (Å²) in [5.74, 6) is 0. The lowest BCUT2D eigenvalue weighted by molar-refractivity contribution is 0.619. The SMILES string of the molecule is c1ccc(-c2coc3c2ccc2oc4ccc(-c5c6ccccc6c(-c6cc7ccccc7c7ccccc67)c6ccccc56)cc4c23)cc1. The molecule has 0 aliphatic carbocycles. The monoisotopic (exact) mass is 636 g/mol. The summed E-state index contributed by atoms with van der Waals surface area (Å²) in [6, 6.07) is 58.9. The Hall–Kier alpha value is -6.64. The first-order valence-electron chi connectivity index (χ1n) is 17.1. The van der Waals surface area contributed by atoms with Crippen molar-refractivity contribution in [2.75, 3.05) is 0 Å². The van der Waals surface area contributed by atoms with Crippen molar-refractivity contribution in [1.82, 2.24) is 0 Å². The molecular weight excluding hydrogens is 609 g/mol. The highest BCUT2D eigenvalue weighted by Crippen LogP contribution is 2.48. The second-order valence-corrected chi connectivity index (χ2v) is 13.2. The van der Waals surface area contributed by atoms with E-state index in [1.165, 1.54) is 59.8 Å². The Balaban J connectivity index is 1.21. The van der Waals surface area contributed by atoms with Crippen LogP contribution in [0.4, 0.5) is 0 Å². The van der Waals surface area contributed by atoms with Gasteiger partial charge in [-0.15, -0.1) is 0 Å². The van der Waals surface area contributed by atoms with Gasteiger partial charge in [0.15, 0.2) is 0 Å². The van der Waals surface area contributed by atoms with E-state index >= 15 is 0 Å². The van der Waals surface area contributed by atoms with E-state index in [9.17, 15) is 0 Å². The van der Waals surface area contributed by atoms with Crippen molar-refractivity contribution in [1.29, 1.82) is 0 Å². The Labute approximate surface area is 287 Å². The second kappa shape index (κ2) is 10.4. The molecular formula is C48H28O2. The fraction of sp³-hybridized carbons (Fsp3) is 0. The van der Waals surface area contributed by atoms with E-state index in [-0.39, 0.29) is 0 Å². The van der Waals surface area contributed by atoms with Crippen molar-refractivity contribution in [3.05, 3.63) is 170 Å². The molecule has 11 aromatic rings. The molecule has 0 bridgehead atoms. The van der Waals surface area contributed by atoms with Crippen molar-refractivity contribution in [2.45, 2.75) is 0 Å². The van der Waals surface area contributed by atoms with Gasteiger partial charge in [-0.25, -0.2) is 0 Å². The molecule has 0 aliphatic rings. The van der Waals surface area contributed by atoms with Gasteiger partial charge in [-0.05, 0) is 101 Å². The predicted molar refractivity (Wildman–Crippen MR) is 210 cm³/mol. The predicted octanol–water partition coefficient (Wildman–Crippen LogP) is 13.9. The van der Waals surface area contributed by atoms with Crippen LogP contribution in [0.3, 0.4) is 0 Å². The number of hydrogen-bond donors (Lipinski definition) is 0. The summed E-state index contributed by atoms with van der Waals surface area (Å²) in [7, 11) is 0. The van der Waals surface area contributed by atoms with Crippen molar-refractivity contribution >= 4 is 76.0 Å². The van der Waals surface area contributed by atoms with Gasteiger partial charge in [0.1, 0.15) is 16.7 Å². The Morgan fingerprint density at radius 1 is 0.340 bits per heavy atom. The van der Waals surface area contributed by atoms with E-state index in [4.69, 9.17) is 8.83 Å². The molecule has 232 valence electrons. The van der Waals surface area contributed by atoms with Gasteiger partial charge < -0.3 is 8.83 Å².